The normalized spacial score (nSPS) is 18.3. The van der Waals surface area contributed by atoms with Crippen LogP contribution in [0.25, 0.3) is 6.08 Å². The van der Waals surface area contributed by atoms with Crippen molar-refractivity contribution in [1.82, 2.24) is 10.9 Å². The Kier molecular flexibility index (Phi) is 10.4. The summed E-state index contributed by atoms with van der Waals surface area (Å²) in [5, 5.41) is 9.83. The van der Waals surface area contributed by atoms with Gasteiger partial charge in [-0.05, 0) is 42.0 Å². The first-order valence-electron chi connectivity index (χ1n) is 12.9. The summed E-state index contributed by atoms with van der Waals surface area (Å²) >= 11 is 12.8. The molecule has 0 unspecified atom stereocenters. The molecule has 0 aromatic heterocycles. The first-order chi connectivity index (χ1) is 19.5. The molecule has 3 aromatic carbocycles. The van der Waals surface area contributed by atoms with Crippen molar-refractivity contribution in [2.45, 2.75) is 24.5 Å². The van der Waals surface area contributed by atoms with Crippen LogP contribution >= 0.6 is 23.2 Å². The van der Waals surface area contributed by atoms with Gasteiger partial charge < -0.3 is 14.6 Å². The number of hydrogen-bond acceptors (Lipinski definition) is 6. The molecule has 0 spiro atoms. The second-order valence-corrected chi connectivity index (χ2v) is 9.94. The van der Waals surface area contributed by atoms with Crippen LogP contribution in [0.4, 0.5) is 0 Å². The lowest BCUT2D eigenvalue weighted by atomic mass is 9.84. The molecular formula is C31H31Cl2N3O4. The van der Waals surface area contributed by atoms with Crippen molar-refractivity contribution >= 4 is 41.1 Å². The maximum atomic E-state index is 13.9. The number of rotatable bonds is 13. The lowest BCUT2D eigenvalue weighted by Crippen LogP contribution is -2.52. The SMILES string of the molecule is C=CCNNC(=O)[C@@]1(C/C=C/c2ccccc2)N=C(c2ccc(OCCCO)cc2)O[C@H]1c1ccc(Cl)cc1Cl. The van der Waals surface area contributed by atoms with Gasteiger partial charge in [0.05, 0.1) is 6.61 Å². The Morgan fingerprint density at radius 3 is 2.60 bits per heavy atom. The quantitative estimate of drug-likeness (QED) is 0.133. The van der Waals surface area contributed by atoms with Crippen molar-refractivity contribution in [2.75, 3.05) is 19.8 Å². The van der Waals surface area contributed by atoms with Gasteiger partial charge in [0.15, 0.2) is 11.6 Å². The van der Waals surface area contributed by atoms with Gasteiger partial charge in [0.25, 0.3) is 5.91 Å². The van der Waals surface area contributed by atoms with Crippen molar-refractivity contribution in [3.63, 3.8) is 0 Å². The van der Waals surface area contributed by atoms with E-state index in [1.807, 2.05) is 54.6 Å². The summed E-state index contributed by atoms with van der Waals surface area (Å²) in [4.78, 5) is 18.8. The number of nitrogens with one attached hydrogen (secondary N) is 2. The van der Waals surface area contributed by atoms with Gasteiger partial charge in [0.1, 0.15) is 5.75 Å². The molecule has 1 aliphatic heterocycles. The Morgan fingerprint density at radius 1 is 1.12 bits per heavy atom. The van der Waals surface area contributed by atoms with Crippen LogP contribution in [0.15, 0.2) is 96.5 Å². The van der Waals surface area contributed by atoms with Gasteiger partial charge in [-0.3, -0.25) is 10.2 Å². The second-order valence-electron chi connectivity index (χ2n) is 9.10. The maximum Gasteiger partial charge on any atom is 0.266 e. The van der Waals surface area contributed by atoms with Crippen LogP contribution < -0.4 is 15.6 Å². The van der Waals surface area contributed by atoms with Crippen LogP contribution in [-0.4, -0.2) is 42.2 Å². The molecule has 1 amide bonds. The zero-order chi connectivity index (χ0) is 28.4. The molecule has 3 N–H and O–H groups in total. The Bertz CT molecular complexity index is 1360. The summed E-state index contributed by atoms with van der Waals surface area (Å²) in [6.45, 7) is 4.51. The van der Waals surface area contributed by atoms with Crippen LogP contribution in [0.1, 0.15) is 35.6 Å². The lowest BCUT2D eigenvalue weighted by molar-refractivity contribution is -0.129. The summed E-state index contributed by atoms with van der Waals surface area (Å²) in [6.07, 6.45) is 5.40. The molecule has 40 heavy (non-hydrogen) atoms. The fourth-order valence-electron chi connectivity index (χ4n) is 4.26. The standard InChI is InChI=1S/C31H31Cl2N3O4/c1-2-18-34-36-30(38)31(17-6-10-22-8-4-3-5-9-22)28(26-16-13-24(32)21-27(26)33)40-29(35-31)23-11-14-25(15-12-23)39-20-7-19-37/h2-6,8-16,21,28,34,37H,1,7,17-20H2,(H,36,38)/b10-6+/t28-,31-/m0/s1. The molecule has 1 aliphatic rings. The molecule has 3 aromatic rings. The molecular weight excluding hydrogens is 549 g/mol. The molecule has 0 radical (unpaired) electrons. The Balaban J connectivity index is 1.75. The van der Waals surface area contributed by atoms with Gasteiger partial charge in [-0.15, -0.1) is 6.58 Å². The largest absolute Gasteiger partial charge is 0.494 e. The van der Waals surface area contributed by atoms with E-state index in [9.17, 15) is 4.79 Å². The van der Waals surface area contributed by atoms with E-state index in [1.54, 1.807) is 36.4 Å². The molecule has 4 rings (SSSR count). The number of carbonyl (C=O) groups excluding carboxylic acids is 1. The zero-order valence-corrected chi connectivity index (χ0v) is 23.4. The minimum atomic E-state index is -1.40. The fourth-order valence-corrected chi connectivity index (χ4v) is 4.76. The number of hydrazine groups is 1. The van der Waals surface area contributed by atoms with Crippen molar-refractivity contribution in [1.29, 1.82) is 0 Å². The summed E-state index contributed by atoms with van der Waals surface area (Å²) in [6, 6.07) is 22.1. The van der Waals surface area contributed by atoms with Gasteiger partial charge >= 0.3 is 0 Å². The van der Waals surface area contributed by atoms with E-state index in [0.717, 1.165) is 5.56 Å². The Hall–Kier alpha value is -3.62. The van der Waals surface area contributed by atoms with Crippen molar-refractivity contribution < 1.29 is 19.4 Å². The first kappa shape index (κ1) is 29.4. The fraction of sp³-hybridized carbons (Fsp3) is 0.226. The van der Waals surface area contributed by atoms with Crippen LogP contribution in [-0.2, 0) is 9.53 Å². The van der Waals surface area contributed by atoms with Crippen molar-refractivity contribution in [3.05, 3.63) is 118 Å². The monoisotopic (exact) mass is 579 g/mol. The van der Waals surface area contributed by atoms with E-state index < -0.39 is 11.6 Å². The molecule has 1 heterocycles. The highest BCUT2D eigenvalue weighted by Gasteiger charge is 2.53. The van der Waals surface area contributed by atoms with E-state index in [-0.39, 0.29) is 18.9 Å². The van der Waals surface area contributed by atoms with Crippen LogP contribution in [0.5, 0.6) is 5.75 Å². The van der Waals surface area contributed by atoms with E-state index in [2.05, 4.69) is 17.4 Å². The number of amides is 1. The summed E-state index contributed by atoms with van der Waals surface area (Å²) in [5.74, 6) is 0.559. The summed E-state index contributed by atoms with van der Waals surface area (Å²) < 4.78 is 12.1. The second kappa shape index (κ2) is 14.1. The number of halogens is 2. The molecule has 0 fully saturated rings. The highest BCUT2D eigenvalue weighted by atomic mass is 35.5. The average molecular weight is 581 g/mol. The first-order valence-corrected chi connectivity index (χ1v) is 13.6. The molecule has 0 saturated heterocycles. The predicted octanol–water partition coefficient (Wildman–Crippen LogP) is 5.92. The summed E-state index contributed by atoms with van der Waals surface area (Å²) in [5.41, 5.74) is 6.48. The number of aliphatic imine (C=N–C) groups is 1. The number of nitrogens with zero attached hydrogens (tertiary/aromatic N) is 1. The predicted molar refractivity (Wildman–Crippen MR) is 160 cm³/mol. The number of aliphatic hydroxyl groups is 1. The van der Waals surface area contributed by atoms with Gasteiger partial charge in [0, 0.05) is 47.2 Å². The van der Waals surface area contributed by atoms with E-state index in [0.29, 0.717) is 52.4 Å². The molecule has 0 aliphatic carbocycles. The molecule has 0 bridgehead atoms. The minimum absolute atomic E-state index is 0.0574. The maximum absolute atomic E-state index is 13.9. The number of hydrogen-bond donors (Lipinski definition) is 3. The molecule has 2 atom stereocenters. The number of ether oxygens (including phenoxy) is 2. The Morgan fingerprint density at radius 2 is 1.90 bits per heavy atom. The third kappa shape index (κ3) is 7.11. The Labute approximate surface area is 244 Å². The smallest absolute Gasteiger partial charge is 0.266 e. The third-order valence-corrected chi connectivity index (χ3v) is 6.82. The molecule has 7 nitrogen and oxygen atoms in total. The van der Waals surface area contributed by atoms with Crippen LogP contribution in [0.3, 0.4) is 0 Å². The van der Waals surface area contributed by atoms with Gasteiger partial charge in [0.2, 0.25) is 5.90 Å². The van der Waals surface area contributed by atoms with Crippen molar-refractivity contribution in [2.24, 2.45) is 4.99 Å². The zero-order valence-electron chi connectivity index (χ0n) is 21.9. The third-order valence-electron chi connectivity index (χ3n) is 6.26. The summed E-state index contributed by atoms with van der Waals surface area (Å²) in [7, 11) is 0. The molecule has 0 saturated carbocycles. The highest BCUT2D eigenvalue weighted by molar-refractivity contribution is 6.35. The average Bonchev–Trinajstić information content (AvgIpc) is 3.34. The van der Waals surface area contributed by atoms with Gasteiger partial charge in [-0.2, -0.15) is 0 Å². The van der Waals surface area contributed by atoms with Crippen LogP contribution in [0, 0.1) is 0 Å². The number of carbonyl (C=O) groups is 1. The molecule has 208 valence electrons. The van der Waals surface area contributed by atoms with Crippen molar-refractivity contribution in [3.8, 4) is 5.75 Å². The topological polar surface area (TPSA) is 92.2 Å². The van der Waals surface area contributed by atoms with Gasteiger partial charge in [-0.1, -0.05) is 77.8 Å². The van der Waals surface area contributed by atoms with Crippen LogP contribution in [0.2, 0.25) is 10.0 Å². The lowest BCUT2D eigenvalue weighted by Gasteiger charge is -2.30. The van der Waals surface area contributed by atoms with E-state index in [1.165, 1.54) is 0 Å². The van der Waals surface area contributed by atoms with Gasteiger partial charge in [-0.25, -0.2) is 10.4 Å². The highest BCUT2D eigenvalue weighted by Crippen LogP contribution is 2.45. The minimum Gasteiger partial charge on any atom is -0.494 e. The van der Waals surface area contributed by atoms with E-state index in [4.69, 9.17) is 42.8 Å². The molecule has 9 heteroatoms. The number of benzene rings is 3. The van der Waals surface area contributed by atoms with E-state index >= 15 is 0 Å². The number of aliphatic hydroxyl groups excluding tert-OH is 1.